The van der Waals surface area contributed by atoms with E-state index in [1.54, 1.807) is 16.7 Å². The second kappa shape index (κ2) is 11.3. The number of nitrogens with one attached hydrogen (secondary N) is 2. The number of carbonyl (C=O) groups excluding carboxylic acids is 3. The first-order chi connectivity index (χ1) is 19.0. The molecule has 4 fully saturated rings. The standard InChI is InChI=1S/C30H40N4O4S/c1-39-22-12-8-11-21(19-22)32-27(35)24-23-13-14-30(38-23)25(24)29(37)34(18-17-33-15-6-3-7-16-33)26(30)28(36)31-20-9-4-2-5-10-20/h8,11-14,19-20,23-26H,2-7,9-10,15-18H2,1H3,(H,31,36)(H,32,35)/t23-,24?,25-,26?,30?/m0/s1. The Labute approximate surface area is 235 Å². The quantitative estimate of drug-likeness (QED) is 0.379. The Hall–Kier alpha value is -2.36. The molecule has 2 N–H and O–H groups in total. The van der Waals surface area contributed by atoms with Crippen LogP contribution in [-0.4, -0.2) is 83.7 Å². The van der Waals surface area contributed by atoms with Gasteiger partial charge in [-0.25, -0.2) is 0 Å². The first-order valence-corrected chi connectivity index (χ1v) is 15.9. The number of likely N-dealkylation sites (tertiary alicyclic amines) is 2. The number of nitrogens with zero attached hydrogens (tertiary/aromatic N) is 2. The molecule has 0 aromatic heterocycles. The number of rotatable bonds is 8. The monoisotopic (exact) mass is 552 g/mol. The van der Waals surface area contributed by atoms with E-state index in [4.69, 9.17) is 4.74 Å². The molecule has 1 aromatic carbocycles. The number of hydrogen-bond acceptors (Lipinski definition) is 6. The molecule has 0 radical (unpaired) electrons. The Bertz CT molecular complexity index is 1130. The highest BCUT2D eigenvalue weighted by Gasteiger charge is 2.72. The molecule has 3 unspecified atom stereocenters. The van der Waals surface area contributed by atoms with Crippen LogP contribution in [0.4, 0.5) is 5.69 Å². The lowest BCUT2D eigenvalue weighted by atomic mass is 9.74. The molecule has 3 amide bonds. The van der Waals surface area contributed by atoms with Crippen molar-refractivity contribution in [1.82, 2.24) is 15.1 Å². The van der Waals surface area contributed by atoms with Crippen molar-refractivity contribution in [2.24, 2.45) is 11.8 Å². The fourth-order valence-corrected chi connectivity index (χ4v) is 7.85. The van der Waals surface area contributed by atoms with Crippen LogP contribution < -0.4 is 10.6 Å². The number of carbonyl (C=O) groups is 3. The maximum absolute atomic E-state index is 14.1. The summed E-state index contributed by atoms with van der Waals surface area (Å²) in [5.41, 5.74) is -0.405. The molecule has 6 rings (SSSR count). The molecule has 1 spiro atoms. The van der Waals surface area contributed by atoms with Crippen molar-refractivity contribution in [2.45, 2.75) is 80.1 Å². The predicted molar refractivity (Wildman–Crippen MR) is 151 cm³/mol. The summed E-state index contributed by atoms with van der Waals surface area (Å²) in [6.45, 7) is 3.24. The van der Waals surface area contributed by atoms with E-state index in [1.807, 2.05) is 42.7 Å². The Morgan fingerprint density at radius 3 is 2.59 bits per heavy atom. The number of benzene rings is 1. The van der Waals surface area contributed by atoms with Gasteiger partial charge in [0, 0.05) is 29.7 Å². The summed E-state index contributed by atoms with van der Waals surface area (Å²) < 4.78 is 6.50. The largest absolute Gasteiger partial charge is 0.359 e. The number of thioether (sulfide) groups is 1. The van der Waals surface area contributed by atoms with E-state index in [0.29, 0.717) is 12.2 Å². The highest BCUT2D eigenvalue weighted by molar-refractivity contribution is 7.98. The third-order valence-electron chi connectivity index (χ3n) is 9.32. The van der Waals surface area contributed by atoms with Gasteiger partial charge in [0.1, 0.15) is 11.6 Å². The minimum Gasteiger partial charge on any atom is -0.359 e. The smallest absolute Gasteiger partial charge is 0.246 e. The van der Waals surface area contributed by atoms with Crippen molar-refractivity contribution in [1.29, 1.82) is 0 Å². The van der Waals surface area contributed by atoms with E-state index in [1.165, 1.54) is 25.7 Å². The third kappa shape index (κ3) is 5.02. The number of fused-ring (bicyclic) bond motifs is 1. The Morgan fingerprint density at radius 1 is 1.05 bits per heavy atom. The van der Waals surface area contributed by atoms with Crippen molar-refractivity contribution >= 4 is 35.2 Å². The Kier molecular flexibility index (Phi) is 7.75. The molecule has 3 saturated heterocycles. The van der Waals surface area contributed by atoms with Gasteiger partial charge in [0.2, 0.25) is 17.7 Å². The van der Waals surface area contributed by atoms with Crippen molar-refractivity contribution in [3.8, 4) is 0 Å². The van der Waals surface area contributed by atoms with Crippen LogP contribution in [0.1, 0.15) is 51.4 Å². The van der Waals surface area contributed by atoms with Crippen molar-refractivity contribution in [2.75, 3.05) is 37.8 Å². The number of piperidine rings is 1. The molecule has 39 heavy (non-hydrogen) atoms. The second-order valence-electron chi connectivity index (χ2n) is 11.7. The number of anilines is 1. The summed E-state index contributed by atoms with van der Waals surface area (Å²) >= 11 is 1.61. The van der Waals surface area contributed by atoms with Crippen LogP contribution in [0.3, 0.4) is 0 Å². The van der Waals surface area contributed by atoms with Gasteiger partial charge in [-0.3, -0.25) is 14.4 Å². The number of amides is 3. The highest BCUT2D eigenvalue weighted by Crippen LogP contribution is 2.55. The minimum atomic E-state index is -1.11. The summed E-state index contributed by atoms with van der Waals surface area (Å²) in [7, 11) is 0. The van der Waals surface area contributed by atoms with E-state index in [0.717, 1.165) is 50.2 Å². The molecule has 210 valence electrons. The van der Waals surface area contributed by atoms with Crippen LogP contribution in [0.15, 0.2) is 41.3 Å². The molecule has 1 saturated carbocycles. The summed E-state index contributed by atoms with van der Waals surface area (Å²) in [6.07, 6.45) is 14.2. The second-order valence-corrected chi connectivity index (χ2v) is 12.6. The van der Waals surface area contributed by atoms with Gasteiger partial charge in [-0.15, -0.1) is 11.8 Å². The molecule has 4 aliphatic heterocycles. The third-order valence-corrected chi connectivity index (χ3v) is 10.0. The first kappa shape index (κ1) is 26.8. The van der Waals surface area contributed by atoms with Crippen LogP contribution >= 0.6 is 11.8 Å². The molecule has 4 heterocycles. The summed E-state index contributed by atoms with van der Waals surface area (Å²) in [6, 6.07) is 7.07. The zero-order chi connectivity index (χ0) is 27.0. The average molecular weight is 553 g/mol. The maximum atomic E-state index is 14.1. The Morgan fingerprint density at radius 2 is 1.82 bits per heavy atom. The van der Waals surface area contributed by atoms with Crippen molar-refractivity contribution < 1.29 is 19.1 Å². The zero-order valence-electron chi connectivity index (χ0n) is 22.8. The average Bonchev–Trinajstić information content (AvgIpc) is 3.60. The molecular weight excluding hydrogens is 512 g/mol. The van der Waals surface area contributed by atoms with Gasteiger partial charge in [-0.05, 0) is 63.2 Å². The molecule has 5 aliphatic rings. The van der Waals surface area contributed by atoms with Gasteiger partial charge >= 0.3 is 0 Å². The topological polar surface area (TPSA) is 91.0 Å². The van der Waals surface area contributed by atoms with Gasteiger partial charge in [-0.1, -0.05) is 43.9 Å². The van der Waals surface area contributed by atoms with E-state index >= 15 is 0 Å². The van der Waals surface area contributed by atoms with E-state index in [-0.39, 0.29) is 23.8 Å². The fourth-order valence-electron chi connectivity index (χ4n) is 7.39. The molecule has 1 aliphatic carbocycles. The van der Waals surface area contributed by atoms with Gasteiger partial charge in [0.15, 0.2) is 0 Å². The van der Waals surface area contributed by atoms with E-state index in [9.17, 15) is 14.4 Å². The number of ether oxygens (including phenoxy) is 1. The van der Waals surface area contributed by atoms with E-state index < -0.39 is 29.6 Å². The lowest BCUT2D eigenvalue weighted by Gasteiger charge is -2.35. The molecular formula is C30H40N4O4S. The first-order valence-electron chi connectivity index (χ1n) is 14.7. The summed E-state index contributed by atoms with van der Waals surface area (Å²) in [5.74, 6) is -1.90. The van der Waals surface area contributed by atoms with Gasteiger partial charge in [-0.2, -0.15) is 0 Å². The van der Waals surface area contributed by atoms with Gasteiger partial charge in [0.05, 0.1) is 17.9 Å². The normalized spacial score (nSPS) is 32.4. The molecule has 9 heteroatoms. The zero-order valence-corrected chi connectivity index (χ0v) is 23.6. The van der Waals surface area contributed by atoms with Gasteiger partial charge in [0.25, 0.3) is 0 Å². The molecule has 5 atom stereocenters. The maximum Gasteiger partial charge on any atom is 0.246 e. The Balaban J connectivity index is 1.26. The van der Waals surface area contributed by atoms with E-state index in [2.05, 4.69) is 15.5 Å². The highest BCUT2D eigenvalue weighted by atomic mass is 32.2. The minimum absolute atomic E-state index is 0.131. The van der Waals surface area contributed by atoms with Crippen LogP contribution in [0.25, 0.3) is 0 Å². The van der Waals surface area contributed by atoms with Gasteiger partial charge < -0.3 is 25.2 Å². The van der Waals surface area contributed by atoms with Crippen LogP contribution in [-0.2, 0) is 19.1 Å². The summed E-state index contributed by atoms with van der Waals surface area (Å²) in [5, 5.41) is 6.31. The molecule has 1 aromatic rings. The number of hydrogen-bond donors (Lipinski definition) is 2. The SMILES string of the molecule is CSc1cccc(NC(=O)C2[C@@H]3C=CC4(O3)C(C(=O)NC3CCCCC3)N(CCN3CCCCC3)C(=O)[C@H]24)c1. The van der Waals surface area contributed by atoms with Crippen molar-refractivity contribution in [3.05, 3.63) is 36.4 Å². The van der Waals surface area contributed by atoms with Crippen molar-refractivity contribution in [3.63, 3.8) is 0 Å². The summed E-state index contributed by atoms with van der Waals surface area (Å²) in [4.78, 5) is 46.9. The lowest BCUT2D eigenvalue weighted by Crippen LogP contribution is -2.57. The predicted octanol–water partition coefficient (Wildman–Crippen LogP) is 3.43. The van der Waals surface area contributed by atoms with Crippen LogP contribution in [0, 0.1) is 11.8 Å². The fraction of sp³-hybridized carbons (Fsp3) is 0.633. The van der Waals surface area contributed by atoms with Crippen LogP contribution in [0.2, 0.25) is 0 Å². The van der Waals surface area contributed by atoms with Crippen LogP contribution in [0.5, 0.6) is 0 Å². The lowest BCUT2D eigenvalue weighted by molar-refractivity contribution is -0.141. The molecule has 8 nitrogen and oxygen atoms in total. The molecule has 2 bridgehead atoms.